The molecule has 3 aromatic rings. The lowest BCUT2D eigenvalue weighted by molar-refractivity contribution is -0.115. The Hall–Kier alpha value is -2.74. The number of anilines is 3. The molecular formula is C24H24ClN3O2S2. The third-order valence-electron chi connectivity index (χ3n) is 4.65. The van der Waals surface area contributed by atoms with Crippen LogP contribution in [0.5, 0.6) is 5.75 Å². The first-order valence-corrected chi connectivity index (χ1v) is 11.6. The molecule has 8 heteroatoms. The molecular weight excluding hydrogens is 462 g/mol. The van der Waals surface area contributed by atoms with E-state index in [9.17, 15) is 4.79 Å². The molecule has 0 aliphatic heterocycles. The van der Waals surface area contributed by atoms with Crippen LogP contribution in [0.4, 0.5) is 17.1 Å². The maximum absolute atomic E-state index is 12.7. The second-order valence-corrected chi connectivity index (χ2v) is 9.20. The number of benzene rings is 3. The molecule has 0 spiro atoms. The summed E-state index contributed by atoms with van der Waals surface area (Å²) in [6, 6.07) is 20.8. The van der Waals surface area contributed by atoms with Gasteiger partial charge in [0.1, 0.15) is 5.75 Å². The van der Waals surface area contributed by atoms with Crippen LogP contribution in [0.3, 0.4) is 0 Å². The number of ether oxygens (including phenoxy) is 1. The van der Waals surface area contributed by atoms with Crippen molar-refractivity contribution in [3.63, 3.8) is 0 Å². The molecule has 0 saturated carbocycles. The van der Waals surface area contributed by atoms with Gasteiger partial charge >= 0.3 is 0 Å². The van der Waals surface area contributed by atoms with Crippen LogP contribution in [-0.2, 0) is 4.79 Å². The van der Waals surface area contributed by atoms with Crippen molar-refractivity contribution in [2.75, 3.05) is 23.1 Å². The third-order valence-corrected chi connectivity index (χ3v) is 6.36. The smallest absolute Gasteiger partial charge is 0.237 e. The predicted molar refractivity (Wildman–Crippen MR) is 139 cm³/mol. The number of hydrogen-bond donors (Lipinski definition) is 3. The Morgan fingerprint density at radius 2 is 1.72 bits per heavy atom. The summed E-state index contributed by atoms with van der Waals surface area (Å²) in [4.78, 5) is 13.6. The number of carbonyl (C=O) groups excluding carboxylic acids is 1. The number of hydrogen-bond acceptors (Lipinski definition) is 4. The summed E-state index contributed by atoms with van der Waals surface area (Å²) in [6.45, 7) is 3.75. The Bertz CT molecular complexity index is 1120. The summed E-state index contributed by atoms with van der Waals surface area (Å²) >= 11 is 13.0. The standard InChI is InChI=1S/C24H24ClN3O2S2/c1-15-19(25)10-7-12-20(15)27-23(29)16(2)32-18-9-6-8-17(14-18)26-24(31)28-21-11-4-5-13-22(21)30-3/h4-14,16H,1-3H3,(H,27,29)(H2,26,28,31). The number of carbonyl (C=O) groups is 1. The van der Waals surface area contributed by atoms with Crippen molar-refractivity contribution in [2.24, 2.45) is 0 Å². The molecule has 1 amide bonds. The minimum atomic E-state index is -0.303. The molecule has 0 aromatic heterocycles. The summed E-state index contributed by atoms with van der Waals surface area (Å²) < 4.78 is 5.34. The van der Waals surface area contributed by atoms with Crippen molar-refractivity contribution in [3.05, 3.63) is 77.3 Å². The lowest BCUT2D eigenvalue weighted by Crippen LogP contribution is -2.23. The summed E-state index contributed by atoms with van der Waals surface area (Å²) in [5.74, 6) is 0.614. The lowest BCUT2D eigenvalue weighted by Gasteiger charge is -2.16. The van der Waals surface area contributed by atoms with E-state index in [1.165, 1.54) is 11.8 Å². The monoisotopic (exact) mass is 485 g/mol. The van der Waals surface area contributed by atoms with Crippen LogP contribution in [0.25, 0.3) is 0 Å². The minimum absolute atomic E-state index is 0.0907. The second-order valence-electron chi connectivity index (χ2n) is 6.97. The van der Waals surface area contributed by atoms with Gasteiger partial charge in [-0.15, -0.1) is 11.8 Å². The van der Waals surface area contributed by atoms with Gasteiger partial charge in [0.2, 0.25) is 5.91 Å². The first kappa shape index (κ1) is 23.9. The number of nitrogens with one attached hydrogen (secondary N) is 3. The highest BCUT2D eigenvalue weighted by Gasteiger charge is 2.16. The average molecular weight is 486 g/mol. The van der Waals surface area contributed by atoms with Crippen LogP contribution in [0.1, 0.15) is 12.5 Å². The number of thiocarbonyl (C=S) groups is 1. The van der Waals surface area contributed by atoms with Gasteiger partial charge in [0.25, 0.3) is 0 Å². The Balaban J connectivity index is 1.61. The van der Waals surface area contributed by atoms with Gasteiger partial charge in [-0.1, -0.05) is 35.9 Å². The Morgan fingerprint density at radius 1 is 1.00 bits per heavy atom. The fraction of sp³-hybridized carbons (Fsp3) is 0.167. The molecule has 3 N–H and O–H groups in total. The first-order chi connectivity index (χ1) is 15.4. The van der Waals surface area contributed by atoms with Gasteiger partial charge < -0.3 is 20.7 Å². The maximum Gasteiger partial charge on any atom is 0.237 e. The van der Waals surface area contributed by atoms with E-state index in [4.69, 9.17) is 28.6 Å². The Labute approximate surface area is 202 Å². The molecule has 3 rings (SSSR count). The number of para-hydroxylation sites is 2. The van der Waals surface area contributed by atoms with E-state index in [1.807, 2.05) is 74.5 Å². The van der Waals surface area contributed by atoms with Gasteiger partial charge in [-0.3, -0.25) is 4.79 Å². The highest BCUT2D eigenvalue weighted by atomic mass is 35.5. The lowest BCUT2D eigenvalue weighted by atomic mass is 10.2. The zero-order valence-electron chi connectivity index (χ0n) is 17.9. The van der Waals surface area contributed by atoms with Crippen LogP contribution >= 0.6 is 35.6 Å². The zero-order chi connectivity index (χ0) is 23.1. The summed E-state index contributed by atoms with van der Waals surface area (Å²) in [5.41, 5.74) is 3.17. The third kappa shape index (κ3) is 6.38. The fourth-order valence-electron chi connectivity index (χ4n) is 2.91. The van der Waals surface area contributed by atoms with Crippen molar-refractivity contribution in [2.45, 2.75) is 24.0 Å². The number of methoxy groups -OCH3 is 1. The largest absolute Gasteiger partial charge is 0.495 e. The van der Waals surface area contributed by atoms with Crippen molar-refractivity contribution in [1.82, 2.24) is 0 Å². The van der Waals surface area contributed by atoms with Gasteiger partial charge in [-0.25, -0.2) is 0 Å². The quantitative estimate of drug-likeness (QED) is 0.259. The van der Waals surface area contributed by atoms with Crippen molar-refractivity contribution < 1.29 is 9.53 Å². The fourth-order valence-corrected chi connectivity index (χ4v) is 4.24. The molecule has 0 radical (unpaired) electrons. The van der Waals surface area contributed by atoms with Crippen molar-refractivity contribution in [1.29, 1.82) is 0 Å². The molecule has 0 aliphatic rings. The van der Waals surface area contributed by atoms with Gasteiger partial charge in [-0.05, 0) is 74.1 Å². The predicted octanol–water partition coefficient (Wildman–Crippen LogP) is 6.59. The molecule has 1 unspecified atom stereocenters. The average Bonchev–Trinajstić information content (AvgIpc) is 2.77. The van der Waals surface area contributed by atoms with E-state index in [2.05, 4.69) is 16.0 Å². The van der Waals surface area contributed by atoms with Gasteiger partial charge in [0, 0.05) is 21.3 Å². The molecule has 32 heavy (non-hydrogen) atoms. The summed E-state index contributed by atoms with van der Waals surface area (Å²) in [5, 5.41) is 10.0. The molecule has 5 nitrogen and oxygen atoms in total. The molecule has 0 heterocycles. The number of amides is 1. The zero-order valence-corrected chi connectivity index (χ0v) is 20.3. The molecule has 0 saturated heterocycles. The van der Waals surface area contributed by atoms with E-state index in [-0.39, 0.29) is 11.2 Å². The molecule has 0 bridgehead atoms. The van der Waals surface area contributed by atoms with Gasteiger partial charge in [-0.2, -0.15) is 0 Å². The van der Waals surface area contributed by atoms with Crippen LogP contribution in [0.15, 0.2) is 71.6 Å². The van der Waals surface area contributed by atoms with Crippen LogP contribution in [0, 0.1) is 6.92 Å². The van der Waals surface area contributed by atoms with Crippen molar-refractivity contribution >= 4 is 63.7 Å². The molecule has 0 aliphatic carbocycles. The number of thioether (sulfide) groups is 1. The van der Waals surface area contributed by atoms with Crippen LogP contribution in [0.2, 0.25) is 5.02 Å². The van der Waals surface area contributed by atoms with E-state index in [0.29, 0.717) is 15.9 Å². The first-order valence-electron chi connectivity index (χ1n) is 9.91. The van der Waals surface area contributed by atoms with E-state index in [1.54, 1.807) is 13.2 Å². The molecule has 1 atom stereocenters. The van der Waals surface area contributed by atoms with Crippen LogP contribution in [-0.4, -0.2) is 23.4 Å². The SMILES string of the molecule is COc1ccccc1NC(=S)Nc1cccc(SC(C)C(=O)Nc2cccc(Cl)c2C)c1. The van der Waals surface area contributed by atoms with Gasteiger partial charge in [0.05, 0.1) is 18.0 Å². The number of rotatable bonds is 7. The Morgan fingerprint density at radius 3 is 2.50 bits per heavy atom. The summed E-state index contributed by atoms with van der Waals surface area (Å²) in [7, 11) is 1.61. The van der Waals surface area contributed by atoms with Gasteiger partial charge in [0.15, 0.2) is 5.11 Å². The molecule has 166 valence electrons. The summed E-state index contributed by atoms with van der Waals surface area (Å²) in [6.07, 6.45) is 0. The normalized spacial score (nSPS) is 11.4. The van der Waals surface area contributed by atoms with E-state index < -0.39 is 0 Å². The minimum Gasteiger partial charge on any atom is -0.495 e. The molecule has 3 aromatic carbocycles. The maximum atomic E-state index is 12.7. The van der Waals surface area contributed by atoms with Crippen LogP contribution < -0.4 is 20.7 Å². The number of halogens is 1. The van der Waals surface area contributed by atoms with E-state index in [0.717, 1.165) is 27.5 Å². The highest BCUT2D eigenvalue weighted by Crippen LogP contribution is 2.29. The van der Waals surface area contributed by atoms with Crippen molar-refractivity contribution in [3.8, 4) is 5.75 Å². The topological polar surface area (TPSA) is 62.4 Å². The second kappa shape index (κ2) is 11.2. The molecule has 0 fully saturated rings. The highest BCUT2D eigenvalue weighted by molar-refractivity contribution is 8.00. The Kier molecular flexibility index (Phi) is 8.39. The van der Waals surface area contributed by atoms with E-state index >= 15 is 0 Å².